The largest absolute Gasteiger partial charge is 0.354 e. The lowest BCUT2D eigenvalue weighted by Crippen LogP contribution is -2.41. The van der Waals surface area contributed by atoms with E-state index < -0.39 is 0 Å². The summed E-state index contributed by atoms with van der Waals surface area (Å²) in [7, 11) is 0. The Labute approximate surface area is 152 Å². The number of nitrogens with one attached hydrogen (secondary N) is 1. The molecule has 7 nitrogen and oxygen atoms in total. The second kappa shape index (κ2) is 8.12. The average Bonchev–Trinajstić information content (AvgIpc) is 2.64. The van der Waals surface area contributed by atoms with Crippen LogP contribution in [0.3, 0.4) is 0 Å². The number of nitrogens with zero attached hydrogens (tertiary/aromatic N) is 3. The first kappa shape index (κ1) is 18.1. The van der Waals surface area contributed by atoms with Crippen LogP contribution < -0.4 is 10.9 Å². The summed E-state index contributed by atoms with van der Waals surface area (Å²) in [5.41, 5.74) is -0.295. The highest BCUT2D eigenvalue weighted by atomic mass is 16.2. The topological polar surface area (TPSA) is 84.3 Å². The third-order valence-corrected chi connectivity index (χ3v) is 4.73. The molecule has 26 heavy (non-hydrogen) atoms. The maximum absolute atomic E-state index is 12.3. The Hall–Kier alpha value is -2.70. The standard InChI is InChI=1S/C19H24N4O3/c1-14-5-4-10-22(12-14)18(25)8-9-20-17(24)13-23-19(26)16-7-3-2-6-15(16)11-21-23/h2-3,6-7,11,14H,4-5,8-10,12-13H2,1H3,(H,20,24). The summed E-state index contributed by atoms with van der Waals surface area (Å²) in [6.45, 7) is 3.86. The molecule has 0 aliphatic carbocycles. The van der Waals surface area contributed by atoms with Crippen LogP contribution >= 0.6 is 0 Å². The molecule has 1 N–H and O–H groups in total. The molecule has 138 valence electrons. The van der Waals surface area contributed by atoms with Gasteiger partial charge in [-0.2, -0.15) is 5.10 Å². The molecule has 0 radical (unpaired) electrons. The second-order valence-electron chi connectivity index (χ2n) is 6.88. The number of likely N-dealkylation sites (tertiary alicyclic amines) is 1. The van der Waals surface area contributed by atoms with Gasteiger partial charge in [0, 0.05) is 31.4 Å². The van der Waals surface area contributed by atoms with Crippen molar-refractivity contribution in [2.75, 3.05) is 19.6 Å². The summed E-state index contributed by atoms with van der Waals surface area (Å²) in [5.74, 6) is 0.278. The molecule has 1 fully saturated rings. The highest BCUT2D eigenvalue weighted by Gasteiger charge is 2.20. The lowest BCUT2D eigenvalue weighted by molar-refractivity contribution is -0.132. The Bertz CT molecular complexity index is 861. The Morgan fingerprint density at radius 1 is 1.31 bits per heavy atom. The zero-order valence-electron chi connectivity index (χ0n) is 15.0. The molecule has 0 spiro atoms. The van der Waals surface area contributed by atoms with Crippen LogP contribution in [-0.2, 0) is 16.1 Å². The molecule has 1 atom stereocenters. The number of rotatable bonds is 5. The second-order valence-corrected chi connectivity index (χ2v) is 6.88. The molecule has 1 unspecified atom stereocenters. The van der Waals surface area contributed by atoms with Gasteiger partial charge in [-0.25, -0.2) is 4.68 Å². The molecule has 0 saturated carbocycles. The predicted molar refractivity (Wildman–Crippen MR) is 98.6 cm³/mol. The maximum Gasteiger partial charge on any atom is 0.275 e. The molecule has 1 aliphatic rings. The maximum atomic E-state index is 12.3. The molecular formula is C19H24N4O3. The number of carbonyl (C=O) groups is 2. The number of piperidine rings is 1. The van der Waals surface area contributed by atoms with Gasteiger partial charge in [0.15, 0.2) is 0 Å². The van der Waals surface area contributed by atoms with Crippen LogP contribution in [0.2, 0.25) is 0 Å². The molecule has 7 heteroatoms. The van der Waals surface area contributed by atoms with Crippen molar-refractivity contribution in [3.8, 4) is 0 Å². The van der Waals surface area contributed by atoms with Gasteiger partial charge in [0.25, 0.3) is 5.56 Å². The van der Waals surface area contributed by atoms with Crippen LogP contribution in [0.1, 0.15) is 26.2 Å². The molecule has 1 aromatic carbocycles. The SMILES string of the molecule is CC1CCCN(C(=O)CCNC(=O)Cn2ncc3ccccc3c2=O)C1. The van der Waals surface area contributed by atoms with E-state index in [2.05, 4.69) is 17.3 Å². The van der Waals surface area contributed by atoms with E-state index in [9.17, 15) is 14.4 Å². The van der Waals surface area contributed by atoms with Crippen molar-refractivity contribution in [2.45, 2.75) is 32.7 Å². The lowest BCUT2D eigenvalue weighted by atomic mass is 10.00. The number of carbonyl (C=O) groups excluding carboxylic acids is 2. The van der Waals surface area contributed by atoms with Crippen molar-refractivity contribution in [1.82, 2.24) is 20.0 Å². The quantitative estimate of drug-likeness (QED) is 0.871. The number of fused-ring (bicyclic) bond motifs is 1. The molecular weight excluding hydrogens is 332 g/mol. The number of hydrogen-bond acceptors (Lipinski definition) is 4. The minimum atomic E-state index is -0.324. The summed E-state index contributed by atoms with van der Waals surface area (Å²) in [5, 5.41) is 8.02. The van der Waals surface area contributed by atoms with E-state index in [4.69, 9.17) is 0 Å². The summed E-state index contributed by atoms with van der Waals surface area (Å²) in [6.07, 6.45) is 4.05. The zero-order chi connectivity index (χ0) is 18.5. The summed E-state index contributed by atoms with van der Waals surface area (Å²) in [6, 6.07) is 7.13. The number of benzene rings is 1. The monoisotopic (exact) mass is 356 g/mol. The highest BCUT2D eigenvalue weighted by Crippen LogP contribution is 2.15. The molecule has 2 amide bonds. The third-order valence-electron chi connectivity index (χ3n) is 4.73. The van der Waals surface area contributed by atoms with E-state index >= 15 is 0 Å². The van der Waals surface area contributed by atoms with Crippen molar-refractivity contribution >= 4 is 22.6 Å². The molecule has 0 bridgehead atoms. The van der Waals surface area contributed by atoms with Crippen molar-refractivity contribution in [3.05, 3.63) is 40.8 Å². The normalized spacial score (nSPS) is 17.3. The smallest absolute Gasteiger partial charge is 0.275 e. The lowest BCUT2D eigenvalue weighted by Gasteiger charge is -2.31. The molecule has 1 saturated heterocycles. The Morgan fingerprint density at radius 3 is 2.92 bits per heavy atom. The van der Waals surface area contributed by atoms with Crippen LogP contribution in [0, 0.1) is 5.92 Å². The molecule has 1 aliphatic heterocycles. The average molecular weight is 356 g/mol. The Kier molecular flexibility index (Phi) is 5.65. The van der Waals surface area contributed by atoms with Gasteiger partial charge in [-0.05, 0) is 24.8 Å². The fraction of sp³-hybridized carbons (Fsp3) is 0.474. The van der Waals surface area contributed by atoms with E-state index in [-0.39, 0.29) is 36.9 Å². The van der Waals surface area contributed by atoms with Gasteiger partial charge in [-0.15, -0.1) is 0 Å². The first-order chi connectivity index (χ1) is 12.5. The molecule has 2 heterocycles. The van der Waals surface area contributed by atoms with Gasteiger partial charge in [0.05, 0.1) is 11.6 Å². The van der Waals surface area contributed by atoms with Crippen LogP contribution in [0.25, 0.3) is 10.8 Å². The van der Waals surface area contributed by atoms with Crippen LogP contribution in [0.4, 0.5) is 0 Å². The van der Waals surface area contributed by atoms with Gasteiger partial charge in [-0.1, -0.05) is 25.1 Å². The summed E-state index contributed by atoms with van der Waals surface area (Å²) < 4.78 is 1.14. The Balaban J connectivity index is 1.51. The fourth-order valence-corrected chi connectivity index (χ4v) is 3.32. The van der Waals surface area contributed by atoms with E-state index in [1.165, 1.54) is 0 Å². The van der Waals surface area contributed by atoms with Crippen LogP contribution in [-0.4, -0.2) is 46.1 Å². The van der Waals surface area contributed by atoms with Crippen molar-refractivity contribution in [1.29, 1.82) is 0 Å². The van der Waals surface area contributed by atoms with Gasteiger partial charge in [0.2, 0.25) is 11.8 Å². The summed E-state index contributed by atoms with van der Waals surface area (Å²) in [4.78, 5) is 38.5. The highest BCUT2D eigenvalue weighted by molar-refractivity contribution is 5.81. The first-order valence-electron chi connectivity index (χ1n) is 9.04. The van der Waals surface area contributed by atoms with Gasteiger partial charge >= 0.3 is 0 Å². The minimum Gasteiger partial charge on any atom is -0.354 e. The van der Waals surface area contributed by atoms with E-state index in [1.807, 2.05) is 11.0 Å². The first-order valence-corrected chi connectivity index (χ1v) is 9.04. The van der Waals surface area contributed by atoms with Crippen LogP contribution in [0.15, 0.2) is 35.3 Å². The van der Waals surface area contributed by atoms with Crippen molar-refractivity contribution < 1.29 is 9.59 Å². The molecule has 2 aromatic rings. The summed E-state index contributed by atoms with van der Waals surface area (Å²) >= 11 is 0. The van der Waals surface area contributed by atoms with Crippen molar-refractivity contribution in [3.63, 3.8) is 0 Å². The van der Waals surface area contributed by atoms with Gasteiger partial charge in [0.1, 0.15) is 6.54 Å². The van der Waals surface area contributed by atoms with Crippen molar-refractivity contribution in [2.24, 2.45) is 5.92 Å². The van der Waals surface area contributed by atoms with E-state index in [1.54, 1.807) is 24.4 Å². The van der Waals surface area contributed by atoms with Gasteiger partial charge in [-0.3, -0.25) is 14.4 Å². The zero-order valence-corrected chi connectivity index (χ0v) is 15.0. The van der Waals surface area contributed by atoms with E-state index in [0.717, 1.165) is 36.0 Å². The number of hydrogen-bond donors (Lipinski definition) is 1. The predicted octanol–water partition coefficient (Wildman–Crippen LogP) is 1.16. The minimum absolute atomic E-state index is 0.0675. The van der Waals surface area contributed by atoms with Crippen LogP contribution in [0.5, 0.6) is 0 Å². The number of aromatic nitrogens is 2. The third kappa shape index (κ3) is 4.28. The molecule has 1 aromatic heterocycles. The number of amides is 2. The fourth-order valence-electron chi connectivity index (χ4n) is 3.32. The van der Waals surface area contributed by atoms with E-state index in [0.29, 0.717) is 11.3 Å². The molecule has 3 rings (SSSR count). The van der Waals surface area contributed by atoms with Gasteiger partial charge < -0.3 is 10.2 Å². The Morgan fingerprint density at radius 2 is 2.12 bits per heavy atom.